The van der Waals surface area contributed by atoms with Gasteiger partial charge >= 0.3 is 0 Å². The molecule has 0 spiro atoms. The summed E-state index contributed by atoms with van der Waals surface area (Å²) in [5.41, 5.74) is 4.58. The number of likely N-dealkylation sites (N-methyl/N-ethyl adjacent to an activating group) is 1. The van der Waals surface area contributed by atoms with Crippen molar-refractivity contribution in [2.24, 2.45) is 0 Å². The third-order valence-corrected chi connectivity index (χ3v) is 4.20. The van der Waals surface area contributed by atoms with Crippen LogP contribution in [-0.2, 0) is 19.5 Å². The molecule has 0 unspecified atom stereocenters. The van der Waals surface area contributed by atoms with Crippen LogP contribution in [0.25, 0.3) is 0 Å². The van der Waals surface area contributed by atoms with E-state index in [-0.39, 0.29) is 0 Å². The Bertz CT molecular complexity index is 686. The van der Waals surface area contributed by atoms with Gasteiger partial charge in [0.2, 0.25) is 0 Å². The lowest BCUT2D eigenvalue weighted by atomic mass is 10.1. The highest BCUT2D eigenvalue weighted by Gasteiger charge is 2.10. The molecular weight excluding hydrogens is 318 g/mol. The Kier molecular flexibility index (Phi) is 10.3. The monoisotopic (exact) mass is 351 g/mol. The summed E-state index contributed by atoms with van der Waals surface area (Å²) in [6.07, 6.45) is 1.06. The van der Waals surface area contributed by atoms with Crippen molar-refractivity contribution < 1.29 is 0 Å². The van der Waals surface area contributed by atoms with Gasteiger partial charge in [0.15, 0.2) is 0 Å². The molecule has 2 rings (SSSR count). The maximum absolute atomic E-state index is 9.33. The smallest absolute Gasteiger partial charge is 0.0995 e. The molecule has 0 aliphatic rings. The fraction of sp³-hybridized carbons (Fsp3) is 0.435. The van der Waals surface area contributed by atoms with Gasteiger partial charge in [-0.1, -0.05) is 63.2 Å². The summed E-state index contributed by atoms with van der Waals surface area (Å²) in [5.74, 6) is 0. The fourth-order valence-electron chi connectivity index (χ4n) is 2.77. The van der Waals surface area contributed by atoms with E-state index in [0.29, 0.717) is 0 Å². The Labute approximate surface area is 159 Å². The molecule has 140 valence electrons. The maximum atomic E-state index is 9.33. The molecule has 0 saturated carbocycles. The van der Waals surface area contributed by atoms with Crippen LogP contribution < -0.4 is 0 Å². The van der Waals surface area contributed by atoms with Gasteiger partial charge in [0.1, 0.15) is 0 Å². The van der Waals surface area contributed by atoms with Gasteiger partial charge in [-0.15, -0.1) is 0 Å². The molecule has 0 aromatic heterocycles. The first kappa shape index (κ1) is 21.9. The van der Waals surface area contributed by atoms with E-state index in [4.69, 9.17) is 0 Å². The largest absolute Gasteiger partial charge is 0.308 e. The van der Waals surface area contributed by atoms with Gasteiger partial charge in [-0.05, 0) is 43.3 Å². The molecule has 0 aliphatic carbocycles. The second kappa shape index (κ2) is 12.2. The summed E-state index contributed by atoms with van der Waals surface area (Å²) < 4.78 is 0. The van der Waals surface area contributed by atoms with E-state index < -0.39 is 0 Å². The highest BCUT2D eigenvalue weighted by Crippen LogP contribution is 2.15. The summed E-state index contributed by atoms with van der Waals surface area (Å²) in [7, 11) is 4.19. The Morgan fingerprint density at radius 1 is 0.885 bits per heavy atom. The van der Waals surface area contributed by atoms with Crippen molar-refractivity contribution in [3.63, 3.8) is 0 Å². The fourth-order valence-corrected chi connectivity index (χ4v) is 2.77. The number of nitrogens with zero attached hydrogens (tertiary/aromatic N) is 3. The van der Waals surface area contributed by atoms with Crippen molar-refractivity contribution in [3.8, 4) is 6.07 Å². The highest BCUT2D eigenvalue weighted by molar-refractivity contribution is 5.37. The van der Waals surface area contributed by atoms with E-state index in [1.165, 1.54) is 11.1 Å². The normalized spacial score (nSPS) is 10.4. The molecule has 0 atom stereocenters. The molecule has 0 amide bonds. The Morgan fingerprint density at radius 3 is 2.23 bits per heavy atom. The molecule has 2 aromatic rings. The zero-order valence-corrected chi connectivity index (χ0v) is 17.0. The van der Waals surface area contributed by atoms with E-state index >= 15 is 0 Å². The van der Waals surface area contributed by atoms with Crippen LogP contribution in [0.15, 0.2) is 48.5 Å². The van der Waals surface area contributed by atoms with Gasteiger partial charge in [0, 0.05) is 26.2 Å². The molecular formula is C23H33N3. The number of hydrogen-bond donors (Lipinski definition) is 0. The van der Waals surface area contributed by atoms with E-state index in [0.717, 1.165) is 43.7 Å². The molecule has 0 fully saturated rings. The minimum atomic E-state index is 0.773. The van der Waals surface area contributed by atoms with E-state index in [9.17, 15) is 5.26 Å². The molecule has 0 heterocycles. The first-order chi connectivity index (χ1) is 12.6. The summed E-state index contributed by atoms with van der Waals surface area (Å²) in [4.78, 5) is 4.62. The molecule has 3 heteroatoms. The second-order valence-electron chi connectivity index (χ2n) is 6.46. The molecule has 0 bridgehead atoms. The Balaban J connectivity index is 0.00000163. The van der Waals surface area contributed by atoms with E-state index in [1.54, 1.807) is 0 Å². The standard InChI is InChI=1S/C21H27N3.C2H6/c1-4-18-8-7-9-19(14-18)16-24(13-12-23(2)3)17-21-11-6-5-10-20(21)15-22;1-2/h5-11,14H,4,12-13,16-17H2,1-3H3;1-2H3. The molecule has 0 radical (unpaired) electrons. The zero-order valence-electron chi connectivity index (χ0n) is 17.0. The molecule has 3 nitrogen and oxygen atoms in total. The van der Waals surface area contributed by atoms with Crippen LogP contribution in [0, 0.1) is 11.3 Å². The van der Waals surface area contributed by atoms with Crippen LogP contribution in [-0.4, -0.2) is 37.0 Å². The minimum absolute atomic E-state index is 0.773. The number of nitriles is 1. The topological polar surface area (TPSA) is 30.3 Å². The first-order valence-electron chi connectivity index (χ1n) is 9.55. The van der Waals surface area contributed by atoms with Crippen LogP contribution in [0.2, 0.25) is 0 Å². The molecule has 0 saturated heterocycles. The van der Waals surface area contributed by atoms with Crippen LogP contribution in [0.5, 0.6) is 0 Å². The second-order valence-corrected chi connectivity index (χ2v) is 6.46. The van der Waals surface area contributed by atoms with Gasteiger partial charge in [0.05, 0.1) is 11.6 Å². The van der Waals surface area contributed by atoms with Gasteiger partial charge in [-0.3, -0.25) is 4.90 Å². The molecule has 0 aliphatic heterocycles. The number of rotatable bonds is 8. The Hall–Kier alpha value is -2.15. The van der Waals surface area contributed by atoms with Crippen LogP contribution in [0.3, 0.4) is 0 Å². The number of hydrogen-bond acceptors (Lipinski definition) is 3. The number of benzene rings is 2. The van der Waals surface area contributed by atoms with Gasteiger partial charge in [-0.25, -0.2) is 0 Å². The lowest BCUT2D eigenvalue weighted by molar-refractivity contribution is 0.226. The molecule has 2 aromatic carbocycles. The quantitative estimate of drug-likeness (QED) is 0.690. The predicted molar refractivity (Wildman–Crippen MR) is 111 cm³/mol. The number of aryl methyl sites for hydroxylation is 1. The average Bonchev–Trinajstić information content (AvgIpc) is 2.68. The van der Waals surface area contributed by atoms with Crippen LogP contribution >= 0.6 is 0 Å². The maximum Gasteiger partial charge on any atom is 0.0995 e. The average molecular weight is 352 g/mol. The van der Waals surface area contributed by atoms with Gasteiger partial charge < -0.3 is 4.90 Å². The lowest BCUT2D eigenvalue weighted by Crippen LogP contribution is -2.31. The zero-order chi connectivity index (χ0) is 19.4. The van der Waals surface area contributed by atoms with Crippen molar-refractivity contribution in [1.29, 1.82) is 5.26 Å². The van der Waals surface area contributed by atoms with Crippen LogP contribution in [0.4, 0.5) is 0 Å². The van der Waals surface area contributed by atoms with Crippen molar-refractivity contribution in [2.45, 2.75) is 40.3 Å². The van der Waals surface area contributed by atoms with E-state index in [2.05, 4.69) is 67.2 Å². The predicted octanol–water partition coefficient (Wildman–Crippen LogP) is 4.71. The third kappa shape index (κ3) is 7.39. The first-order valence-corrected chi connectivity index (χ1v) is 9.55. The van der Waals surface area contributed by atoms with Crippen LogP contribution in [0.1, 0.15) is 43.0 Å². The SMILES string of the molecule is CC.CCc1cccc(CN(CCN(C)C)Cc2ccccc2C#N)c1. The third-order valence-electron chi connectivity index (χ3n) is 4.20. The lowest BCUT2D eigenvalue weighted by Gasteiger charge is -2.25. The summed E-state index contributed by atoms with van der Waals surface area (Å²) >= 11 is 0. The molecule has 26 heavy (non-hydrogen) atoms. The van der Waals surface area contributed by atoms with Gasteiger partial charge in [0.25, 0.3) is 0 Å². The minimum Gasteiger partial charge on any atom is -0.308 e. The van der Waals surface area contributed by atoms with Crippen molar-refractivity contribution in [3.05, 3.63) is 70.8 Å². The van der Waals surface area contributed by atoms with Crippen molar-refractivity contribution >= 4 is 0 Å². The summed E-state index contributed by atoms with van der Waals surface area (Å²) in [5, 5.41) is 9.33. The van der Waals surface area contributed by atoms with E-state index in [1.807, 2.05) is 32.0 Å². The Morgan fingerprint density at radius 2 is 1.58 bits per heavy atom. The van der Waals surface area contributed by atoms with Crippen molar-refractivity contribution in [2.75, 3.05) is 27.2 Å². The van der Waals surface area contributed by atoms with Crippen molar-refractivity contribution in [1.82, 2.24) is 9.80 Å². The molecule has 0 N–H and O–H groups in total. The summed E-state index contributed by atoms with van der Waals surface area (Å²) in [6, 6.07) is 19.0. The highest BCUT2D eigenvalue weighted by atomic mass is 15.2. The van der Waals surface area contributed by atoms with Gasteiger partial charge in [-0.2, -0.15) is 5.26 Å². The summed E-state index contributed by atoms with van der Waals surface area (Å²) in [6.45, 7) is 9.87.